The van der Waals surface area contributed by atoms with Crippen molar-refractivity contribution in [3.05, 3.63) is 23.3 Å². The van der Waals surface area contributed by atoms with E-state index in [9.17, 15) is 14.6 Å². The van der Waals surface area contributed by atoms with Gasteiger partial charge in [0.05, 0.1) is 12.2 Å². The molecule has 4 heteroatoms. The minimum absolute atomic E-state index is 0.364. The Balaban J connectivity index is 1.44. The molecule has 0 aromatic heterocycles. The minimum Gasteiger partial charge on any atom is -0.393 e. The van der Waals surface area contributed by atoms with Gasteiger partial charge in [-0.2, -0.15) is 0 Å². The van der Waals surface area contributed by atoms with Gasteiger partial charge >= 0.3 is 0 Å². The molecule has 4 aliphatic rings. The third kappa shape index (κ3) is 4.65. The smallest absolute Gasteiger partial charge is 0.114 e. The van der Waals surface area contributed by atoms with E-state index in [0.717, 1.165) is 19.0 Å². The van der Waals surface area contributed by atoms with E-state index in [4.69, 9.17) is 0 Å². The van der Waals surface area contributed by atoms with Crippen LogP contribution >= 0.6 is 0 Å². The molecule has 0 bridgehead atoms. The summed E-state index contributed by atoms with van der Waals surface area (Å²) in [6.07, 6.45) is 12.1. The number of nitrogens with zero attached hydrogens (tertiary/aromatic N) is 1. The lowest BCUT2D eigenvalue weighted by atomic mass is 9.61. The Morgan fingerprint density at radius 3 is 2.62 bits per heavy atom. The van der Waals surface area contributed by atoms with Crippen molar-refractivity contribution in [1.82, 2.24) is 4.90 Å². The Hall–Kier alpha value is -0.710. The molecule has 0 unspecified atom stereocenters. The van der Waals surface area contributed by atoms with Crippen LogP contribution in [0, 0.1) is 23.2 Å². The van der Waals surface area contributed by atoms with E-state index >= 15 is 0 Å². The molecule has 2 N–H and O–H groups in total. The van der Waals surface area contributed by atoms with Gasteiger partial charge in [0.25, 0.3) is 0 Å². The molecule has 29 heavy (non-hydrogen) atoms. The molecular formula is C25H40FNO2. The summed E-state index contributed by atoms with van der Waals surface area (Å²) >= 11 is 0. The zero-order valence-corrected chi connectivity index (χ0v) is 18.3. The maximum absolute atomic E-state index is 13.6. The second-order valence-corrected chi connectivity index (χ2v) is 10.7. The van der Waals surface area contributed by atoms with Crippen LogP contribution in [0.4, 0.5) is 4.39 Å². The molecule has 0 radical (unpaired) electrons. The second-order valence-electron chi connectivity index (χ2n) is 10.7. The highest BCUT2D eigenvalue weighted by Gasteiger charge is 2.50. The number of hydrogen-bond acceptors (Lipinski definition) is 3. The number of aliphatic hydroxyl groups excluding tert-OH is 2. The first-order chi connectivity index (χ1) is 13.8. The number of hydrogen-bond donors (Lipinski definition) is 2. The molecule has 1 saturated heterocycles. The average Bonchev–Trinajstić information content (AvgIpc) is 3.21. The number of aliphatic hydroxyl groups is 2. The Bertz CT molecular complexity index is 635. The van der Waals surface area contributed by atoms with Crippen LogP contribution in [-0.4, -0.2) is 53.1 Å². The first-order valence-electron chi connectivity index (χ1n) is 12.0. The van der Waals surface area contributed by atoms with Gasteiger partial charge < -0.3 is 15.1 Å². The Morgan fingerprint density at radius 2 is 1.93 bits per heavy atom. The zero-order valence-electron chi connectivity index (χ0n) is 18.3. The van der Waals surface area contributed by atoms with Crippen molar-refractivity contribution < 1.29 is 14.6 Å². The molecule has 0 aromatic rings. The quantitative estimate of drug-likeness (QED) is 0.716. The van der Waals surface area contributed by atoms with Crippen LogP contribution in [0.3, 0.4) is 0 Å². The van der Waals surface area contributed by atoms with Crippen molar-refractivity contribution in [2.75, 3.05) is 19.6 Å². The topological polar surface area (TPSA) is 43.7 Å². The summed E-state index contributed by atoms with van der Waals surface area (Å²) in [5, 5.41) is 19.9. The third-order valence-electron chi connectivity index (χ3n) is 8.56. The SMILES string of the molecule is C[C@H](CN1CC[C@@H](F)C1)[C@H]1CC[C@H]2/C(=C/C=C3C[C@@H](O)C[C@H](O)C3)CCC[C@]12C. The van der Waals surface area contributed by atoms with Gasteiger partial charge in [-0.3, -0.25) is 0 Å². The molecule has 1 aliphatic heterocycles. The molecule has 0 amide bonds. The molecular weight excluding hydrogens is 365 g/mol. The first kappa shape index (κ1) is 21.5. The van der Waals surface area contributed by atoms with Crippen LogP contribution in [-0.2, 0) is 0 Å². The van der Waals surface area contributed by atoms with Gasteiger partial charge in [-0.15, -0.1) is 0 Å². The van der Waals surface area contributed by atoms with E-state index in [1.165, 1.54) is 37.7 Å². The largest absolute Gasteiger partial charge is 0.393 e. The fourth-order valence-electron chi connectivity index (χ4n) is 7.23. The van der Waals surface area contributed by atoms with E-state index < -0.39 is 18.4 Å². The van der Waals surface area contributed by atoms with Crippen LogP contribution in [0.5, 0.6) is 0 Å². The lowest BCUT2D eigenvalue weighted by Crippen LogP contribution is -2.39. The second kappa shape index (κ2) is 8.80. The molecule has 7 atom stereocenters. The molecule has 4 rings (SSSR count). The van der Waals surface area contributed by atoms with Gasteiger partial charge in [0, 0.05) is 19.6 Å². The van der Waals surface area contributed by atoms with E-state index in [2.05, 4.69) is 30.9 Å². The molecule has 4 fully saturated rings. The summed E-state index contributed by atoms with van der Waals surface area (Å²) in [5.74, 6) is 2.00. The molecule has 3 nitrogen and oxygen atoms in total. The van der Waals surface area contributed by atoms with Crippen molar-refractivity contribution in [2.45, 2.75) is 90.0 Å². The van der Waals surface area contributed by atoms with Gasteiger partial charge in [0.1, 0.15) is 6.17 Å². The highest BCUT2D eigenvalue weighted by atomic mass is 19.1. The summed E-state index contributed by atoms with van der Waals surface area (Å²) in [6.45, 7) is 7.52. The Labute approximate surface area is 176 Å². The van der Waals surface area contributed by atoms with Gasteiger partial charge in [-0.25, -0.2) is 4.39 Å². The minimum atomic E-state index is -0.622. The van der Waals surface area contributed by atoms with Gasteiger partial charge in [0.15, 0.2) is 0 Å². The highest BCUT2D eigenvalue weighted by molar-refractivity contribution is 5.26. The number of fused-ring (bicyclic) bond motifs is 1. The molecule has 3 aliphatic carbocycles. The molecule has 164 valence electrons. The maximum Gasteiger partial charge on any atom is 0.114 e. The number of alkyl halides is 1. The Morgan fingerprint density at radius 1 is 1.17 bits per heavy atom. The molecule has 0 aromatic carbocycles. The lowest BCUT2D eigenvalue weighted by molar-refractivity contribution is 0.0609. The van der Waals surface area contributed by atoms with Crippen molar-refractivity contribution in [3.8, 4) is 0 Å². The average molecular weight is 406 g/mol. The van der Waals surface area contributed by atoms with E-state index in [1.54, 1.807) is 5.57 Å². The summed E-state index contributed by atoms with van der Waals surface area (Å²) in [4.78, 5) is 2.34. The number of halogens is 1. The first-order valence-corrected chi connectivity index (χ1v) is 12.0. The highest BCUT2D eigenvalue weighted by Crippen LogP contribution is 2.59. The normalized spacial score (nSPS) is 43.6. The van der Waals surface area contributed by atoms with Crippen molar-refractivity contribution in [2.24, 2.45) is 23.2 Å². The van der Waals surface area contributed by atoms with E-state index in [1.807, 2.05) is 0 Å². The molecule has 3 saturated carbocycles. The van der Waals surface area contributed by atoms with Crippen molar-refractivity contribution in [1.29, 1.82) is 0 Å². The molecule has 0 spiro atoms. The predicted octanol–water partition coefficient (Wildman–Crippen LogP) is 4.64. The fourth-order valence-corrected chi connectivity index (χ4v) is 7.23. The monoisotopic (exact) mass is 405 g/mol. The van der Waals surface area contributed by atoms with Gasteiger partial charge in [-0.1, -0.05) is 37.1 Å². The lowest BCUT2D eigenvalue weighted by Gasteiger charge is -2.45. The maximum atomic E-state index is 13.6. The van der Waals surface area contributed by atoms with Crippen LogP contribution < -0.4 is 0 Å². The van der Waals surface area contributed by atoms with Crippen molar-refractivity contribution in [3.63, 3.8) is 0 Å². The summed E-state index contributed by atoms with van der Waals surface area (Å²) in [6, 6.07) is 0. The van der Waals surface area contributed by atoms with Gasteiger partial charge in [-0.05, 0) is 81.0 Å². The summed E-state index contributed by atoms with van der Waals surface area (Å²) < 4.78 is 13.6. The third-order valence-corrected chi connectivity index (χ3v) is 8.56. The number of likely N-dealkylation sites (tertiary alicyclic amines) is 1. The zero-order chi connectivity index (χ0) is 20.6. The Kier molecular flexibility index (Phi) is 6.53. The standard InChI is InChI=1S/C25H40FNO2/c1-17(15-27-11-9-20(26)16-27)23-7-8-24-19(4-3-10-25(23,24)2)6-5-18-12-21(28)14-22(29)13-18/h5-6,17,20-24,28-29H,3-4,7-16H2,1-2H3/b19-6+/t17-,20-,21-,22-,23-,24+,25-/m1/s1. The van der Waals surface area contributed by atoms with Gasteiger partial charge in [0.2, 0.25) is 0 Å². The van der Waals surface area contributed by atoms with Crippen LogP contribution in [0.2, 0.25) is 0 Å². The van der Waals surface area contributed by atoms with E-state index in [0.29, 0.717) is 49.5 Å². The molecule has 1 heterocycles. The van der Waals surface area contributed by atoms with Crippen LogP contribution in [0.1, 0.15) is 71.6 Å². The van der Waals surface area contributed by atoms with Crippen molar-refractivity contribution >= 4 is 0 Å². The van der Waals surface area contributed by atoms with Crippen LogP contribution in [0.25, 0.3) is 0 Å². The summed E-state index contributed by atoms with van der Waals surface area (Å²) in [7, 11) is 0. The van der Waals surface area contributed by atoms with Crippen LogP contribution in [0.15, 0.2) is 23.3 Å². The predicted molar refractivity (Wildman–Crippen MR) is 115 cm³/mol. The fraction of sp³-hybridized carbons (Fsp3) is 0.840. The van der Waals surface area contributed by atoms with E-state index in [-0.39, 0.29) is 0 Å². The summed E-state index contributed by atoms with van der Waals surface area (Å²) in [5.41, 5.74) is 3.14. The number of allylic oxidation sites excluding steroid dienone is 3. The number of rotatable bonds is 4.